The van der Waals surface area contributed by atoms with E-state index >= 15 is 0 Å². The first kappa shape index (κ1) is 12.2. The summed E-state index contributed by atoms with van der Waals surface area (Å²) < 4.78 is 39.1. The van der Waals surface area contributed by atoms with Gasteiger partial charge in [-0.05, 0) is 6.92 Å². The van der Waals surface area contributed by atoms with Gasteiger partial charge in [-0.3, -0.25) is 0 Å². The van der Waals surface area contributed by atoms with Crippen LogP contribution in [0.2, 0.25) is 0 Å². The molecule has 0 spiro atoms. The third-order valence-electron chi connectivity index (χ3n) is 2.69. The van der Waals surface area contributed by atoms with Crippen LogP contribution in [0.5, 0.6) is 0 Å². The van der Waals surface area contributed by atoms with E-state index in [1.807, 2.05) is 0 Å². The Morgan fingerprint density at radius 2 is 2.11 bits per heavy atom. The Kier molecular flexibility index (Phi) is 2.66. The molecule has 7 heteroatoms. The maximum Gasteiger partial charge on any atom is 0.408 e. The number of rotatable bonds is 1. The summed E-state index contributed by atoms with van der Waals surface area (Å²) in [6.07, 6.45) is 3.19. The molecule has 2 heterocycles. The zero-order chi connectivity index (χ0) is 13.5. The largest absolute Gasteiger partial charge is 0.408 e. The number of nitrogen functional groups attached to an aromatic ring is 1. The zero-order valence-electron chi connectivity index (χ0n) is 9.36. The molecule has 2 aromatic heterocycles. The van der Waals surface area contributed by atoms with Gasteiger partial charge in [-0.15, -0.1) is 6.42 Å². The van der Waals surface area contributed by atoms with Crippen molar-refractivity contribution in [1.29, 1.82) is 0 Å². The molecular weight excluding hydrogens is 245 g/mol. The molecule has 1 atom stereocenters. The lowest BCUT2D eigenvalue weighted by atomic mass is 10.2. The number of fused-ring (bicyclic) bond motifs is 1. The highest BCUT2D eigenvalue weighted by Crippen LogP contribution is 2.34. The summed E-state index contributed by atoms with van der Waals surface area (Å²) in [5.74, 6) is 2.36. The van der Waals surface area contributed by atoms with Crippen molar-refractivity contribution < 1.29 is 13.2 Å². The van der Waals surface area contributed by atoms with Crippen molar-refractivity contribution in [2.75, 3.05) is 5.73 Å². The van der Waals surface area contributed by atoms with Crippen LogP contribution in [0, 0.1) is 12.3 Å². The lowest BCUT2D eigenvalue weighted by Crippen LogP contribution is -2.23. The molecule has 4 nitrogen and oxygen atoms in total. The maximum atomic E-state index is 12.7. The fourth-order valence-electron chi connectivity index (χ4n) is 1.67. The predicted molar refractivity (Wildman–Crippen MR) is 60.6 cm³/mol. The number of aromatic nitrogens is 3. The molecule has 0 saturated heterocycles. The van der Waals surface area contributed by atoms with Crippen LogP contribution in [0.3, 0.4) is 0 Å². The van der Waals surface area contributed by atoms with E-state index in [1.54, 1.807) is 0 Å². The zero-order valence-corrected chi connectivity index (χ0v) is 9.36. The minimum atomic E-state index is -4.39. The van der Waals surface area contributed by atoms with E-state index < -0.39 is 12.2 Å². The molecule has 0 aliphatic heterocycles. The Bertz CT molecular complexity index is 636. The Labute approximate surface area is 101 Å². The van der Waals surface area contributed by atoms with E-state index in [4.69, 9.17) is 12.2 Å². The van der Waals surface area contributed by atoms with Gasteiger partial charge in [0.2, 0.25) is 0 Å². The topological polar surface area (TPSA) is 56.7 Å². The van der Waals surface area contributed by atoms with Gasteiger partial charge in [0.1, 0.15) is 23.8 Å². The molecule has 2 rings (SSSR count). The van der Waals surface area contributed by atoms with Crippen molar-refractivity contribution in [3.05, 3.63) is 18.1 Å². The number of terminal acetylenes is 1. The van der Waals surface area contributed by atoms with Crippen LogP contribution in [-0.2, 0) is 0 Å². The fraction of sp³-hybridized carbons (Fsp3) is 0.273. The molecule has 0 aliphatic carbocycles. The average Bonchev–Trinajstić information content (AvgIpc) is 2.67. The van der Waals surface area contributed by atoms with Crippen molar-refractivity contribution in [2.45, 2.75) is 19.1 Å². The van der Waals surface area contributed by atoms with Gasteiger partial charge in [0, 0.05) is 6.20 Å². The lowest BCUT2D eigenvalue weighted by molar-refractivity contribution is -0.162. The molecule has 2 N–H and O–H groups in total. The van der Waals surface area contributed by atoms with E-state index in [2.05, 4.69) is 15.9 Å². The van der Waals surface area contributed by atoms with E-state index in [9.17, 15) is 13.2 Å². The first-order valence-electron chi connectivity index (χ1n) is 5.00. The van der Waals surface area contributed by atoms with E-state index in [0.717, 1.165) is 17.8 Å². The predicted octanol–water partition coefficient (Wildman–Crippen LogP) is 2.12. The van der Waals surface area contributed by atoms with Crippen molar-refractivity contribution >= 4 is 16.9 Å². The molecule has 0 fully saturated rings. The number of halogens is 3. The molecule has 2 aromatic rings. The maximum absolute atomic E-state index is 12.7. The van der Waals surface area contributed by atoms with Gasteiger partial charge in [-0.25, -0.2) is 9.97 Å². The molecular formula is C11H9F3N4. The minimum Gasteiger partial charge on any atom is -0.383 e. The second-order valence-electron chi connectivity index (χ2n) is 3.77. The van der Waals surface area contributed by atoms with Crippen LogP contribution in [0.1, 0.15) is 18.5 Å². The number of nitrogens with zero attached hydrogens (tertiary/aromatic N) is 3. The first-order chi connectivity index (χ1) is 8.36. The summed E-state index contributed by atoms with van der Waals surface area (Å²) in [6, 6.07) is -1.74. The summed E-state index contributed by atoms with van der Waals surface area (Å²) in [6.45, 7) is 1.03. The molecule has 18 heavy (non-hydrogen) atoms. The van der Waals surface area contributed by atoms with Crippen molar-refractivity contribution in [3.63, 3.8) is 0 Å². The number of nitrogens with two attached hydrogens (primary N) is 1. The van der Waals surface area contributed by atoms with Gasteiger partial charge >= 0.3 is 6.18 Å². The van der Waals surface area contributed by atoms with E-state index in [1.165, 1.54) is 6.20 Å². The monoisotopic (exact) mass is 254 g/mol. The summed E-state index contributed by atoms with van der Waals surface area (Å²) in [7, 11) is 0. The average molecular weight is 254 g/mol. The van der Waals surface area contributed by atoms with Crippen LogP contribution >= 0.6 is 0 Å². The summed E-state index contributed by atoms with van der Waals surface area (Å²) in [4.78, 5) is 7.55. The Hall–Kier alpha value is -2.23. The number of anilines is 1. The van der Waals surface area contributed by atoms with Crippen LogP contribution < -0.4 is 5.73 Å². The van der Waals surface area contributed by atoms with Gasteiger partial charge in [-0.1, -0.05) is 5.92 Å². The number of hydrogen-bond donors (Lipinski definition) is 1. The van der Waals surface area contributed by atoms with Crippen LogP contribution in [0.4, 0.5) is 19.0 Å². The first-order valence-corrected chi connectivity index (χ1v) is 5.00. The quantitative estimate of drug-likeness (QED) is 0.793. The Morgan fingerprint density at radius 1 is 1.44 bits per heavy atom. The summed E-state index contributed by atoms with van der Waals surface area (Å²) in [5.41, 5.74) is 5.95. The number of alkyl halides is 3. The van der Waals surface area contributed by atoms with Crippen molar-refractivity contribution in [1.82, 2.24) is 14.5 Å². The molecule has 0 aromatic carbocycles. The van der Waals surface area contributed by atoms with Crippen LogP contribution in [0.15, 0.2) is 12.5 Å². The van der Waals surface area contributed by atoms with Crippen molar-refractivity contribution in [3.8, 4) is 12.3 Å². The Morgan fingerprint density at radius 3 is 2.67 bits per heavy atom. The van der Waals surface area contributed by atoms with Crippen molar-refractivity contribution in [2.24, 2.45) is 0 Å². The number of hydrogen-bond acceptors (Lipinski definition) is 3. The molecule has 0 saturated carbocycles. The minimum absolute atomic E-state index is 0.0704. The molecule has 0 amide bonds. The third kappa shape index (κ3) is 1.76. The normalized spacial score (nSPS) is 13.5. The summed E-state index contributed by atoms with van der Waals surface area (Å²) in [5, 5.41) is 0.274. The van der Waals surface area contributed by atoms with E-state index in [0.29, 0.717) is 0 Å². The van der Waals surface area contributed by atoms with Gasteiger partial charge in [-0.2, -0.15) is 13.2 Å². The van der Waals surface area contributed by atoms with E-state index in [-0.39, 0.29) is 22.4 Å². The molecule has 94 valence electrons. The second kappa shape index (κ2) is 3.91. The molecule has 0 aliphatic rings. The van der Waals surface area contributed by atoms with Crippen LogP contribution in [-0.4, -0.2) is 20.7 Å². The Balaban J connectivity index is 2.75. The molecule has 0 bridgehead atoms. The smallest absolute Gasteiger partial charge is 0.383 e. The van der Waals surface area contributed by atoms with Crippen LogP contribution in [0.25, 0.3) is 11.0 Å². The lowest BCUT2D eigenvalue weighted by Gasteiger charge is -2.17. The highest BCUT2D eigenvalue weighted by atomic mass is 19.4. The fourth-order valence-corrected chi connectivity index (χ4v) is 1.67. The standard InChI is InChI=1S/C11H9F3N4/c1-3-7-4-18(6(2)11(12,13)14)10-8(7)9(15)16-5-17-10/h1,4-6H,2H3,(H2,15,16,17). The second-order valence-corrected chi connectivity index (χ2v) is 3.77. The third-order valence-corrected chi connectivity index (χ3v) is 2.69. The van der Waals surface area contributed by atoms with Gasteiger partial charge in [0.15, 0.2) is 0 Å². The summed E-state index contributed by atoms with van der Waals surface area (Å²) >= 11 is 0. The highest BCUT2D eigenvalue weighted by molar-refractivity contribution is 5.92. The van der Waals surface area contributed by atoms with Gasteiger partial charge in [0.05, 0.1) is 10.9 Å². The molecule has 0 radical (unpaired) electrons. The molecule has 1 unspecified atom stereocenters. The van der Waals surface area contributed by atoms with Gasteiger partial charge in [0.25, 0.3) is 0 Å². The van der Waals surface area contributed by atoms with Gasteiger partial charge < -0.3 is 10.3 Å². The SMILES string of the molecule is C#Cc1cn(C(C)C(F)(F)F)c2ncnc(N)c12. The highest BCUT2D eigenvalue weighted by Gasteiger charge is 2.38.